The SMILES string of the molecule is COC(=O)CCCCn1cc2c(nc1=O)NOCC2. The van der Waals surface area contributed by atoms with Crippen molar-refractivity contribution >= 4 is 11.8 Å². The largest absolute Gasteiger partial charge is 0.469 e. The molecule has 0 saturated heterocycles. The number of esters is 1. The summed E-state index contributed by atoms with van der Waals surface area (Å²) in [5, 5.41) is 0. The predicted octanol–water partition coefficient (Wildman–Crippen LogP) is 0.486. The molecule has 2 heterocycles. The zero-order chi connectivity index (χ0) is 13.7. The van der Waals surface area contributed by atoms with Crippen LogP contribution in [-0.4, -0.2) is 29.2 Å². The predicted molar refractivity (Wildman–Crippen MR) is 67.6 cm³/mol. The molecule has 1 aliphatic heterocycles. The molecule has 0 spiro atoms. The minimum atomic E-state index is -0.310. The monoisotopic (exact) mass is 267 g/mol. The average Bonchev–Trinajstić information content (AvgIpc) is 2.43. The van der Waals surface area contributed by atoms with E-state index in [9.17, 15) is 9.59 Å². The third kappa shape index (κ3) is 3.54. The first-order valence-electron chi connectivity index (χ1n) is 6.25. The van der Waals surface area contributed by atoms with Gasteiger partial charge in [-0.25, -0.2) is 10.3 Å². The van der Waals surface area contributed by atoms with Crippen LogP contribution in [0.15, 0.2) is 11.0 Å². The maximum atomic E-state index is 11.7. The molecule has 104 valence electrons. The first-order valence-corrected chi connectivity index (χ1v) is 6.25. The van der Waals surface area contributed by atoms with Crippen molar-refractivity contribution < 1.29 is 14.4 Å². The van der Waals surface area contributed by atoms with E-state index >= 15 is 0 Å². The molecule has 0 amide bonds. The van der Waals surface area contributed by atoms with Gasteiger partial charge < -0.3 is 4.74 Å². The summed E-state index contributed by atoms with van der Waals surface area (Å²) in [7, 11) is 1.37. The zero-order valence-corrected chi connectivity index (χ0v) is 10.8. The Morgan fingerprint density at radius 2 is 2.42 bits per heavy atom. The van der Waals surface area contributed by atoms with Gasteiger partial charge in [0.25, 0.3) is 0 Å². The third-order valence-electron chi connectivity index (χ3n) is 2.97. The molecule has 1 aliphatic rings. The highest BCUT2D eigenvalue weighted by Gasteiger charge is 2.13. The third-order valence-corrected chi connectivity index (χ3v) is 2.97. The summed E-state index contributed by atoms with van der Waals surface area (Å²) in [5.41, 5.74) is 3.30. The van der Waals surface area contributed by atoms with Gasteiger partial charge in [-0.15, -0.1) is 0 Å². The summed E-state index contributed by atoms with van der Waals surface area (Å²) < 4.78 is 6.13. The summed E-state index contributed by atoms with van der Waals surface area (Å²) in [6.07, 6.45) is 4.34. The molecular formula is C12H17N3O4. The Balaban J connectivity index is 1.93. The van der Waals surface area contributed by atoms with Crippen LogP contribution in [0.25, 0.3) is 0 Å². The van der Waals surface area contributed by atoms with E-state index in [-0.39, 0.29) is 11.7 Å². The number of ether oxygens (including phenoxy) is 1. The molecule has 0 aromatic carbocycles. The molecule has 1 aromatic heterocycles. The molecule has 0 atom stereocenters. The van der Waals surface area contributed by atoms with Crippen molar-refractivity contribution in [3.05, 3.63) is 22.2 Å². The molecule has 0 saturated carbocycles. The lowest BCUT2D eigenvalue weighted by Gasteiger charge is -2.17. The molecule has 0 radical (unpaired) electrons. The molecule has 2 rings (SSSR count). The topological polar surface area (TPSA) is 82.5 Å². The summed E-state index contributed by atoms with van der Waals surface area (Å²) in [6.45, 7) is 1.12. The van der Waals surface area contributed by atoms with E-state index in [2.05, 4.69) is 15.2 Å². The molecule has 1 N–H and O–H groups in total. The van der Waals surface area contributed by atoms with Gasteiger partial charge in [0.2, 0.25) is 0 Å². The van der Waals surface area contributed by atoms with Gasteiger partial charge in [0.1, 0.15) is 0 Å². The molecule has 0 bridgehead atoms. The van der Waals surface area contributed by atoms with Crippen LogP contribution in [0.4, 0.5) is 5.82 Å². The molecule has 0 unspecified atom stereocenters. The Morgan fingerprint density at radius 3 is 3.21 bits per heavy atom. The van der Waals surface area contributed by atoms with E-state index in [1.165, 1.54) is 7.11 Å². The van der Waals surface area contributed by atoms with Crippen LogP contribution >= 0.6 is 0 Å². The standard InChI is InChI=1S/C12H17N3O4/c1-18-10(16)4-2-3-6-15-8-9-5-7-19-14-11(9)13-12(15)17/h8H,2-7H2,1H3,(H,13,14,17). The second kappa shape index (κ2) is 6.33. The lowest BCUT2D eigenvalue weighted by molar-refractivity contribution is -0.140. The van der Waals surface area contributed by atoms with E-state index in [1.54, 1.807) is 10.8 Å². The van der Waals surface area contributed by atoms with Gasteiger partial charge in [0.15, 0.2) is 5.82 Å². The molecule has 19 heavy (non-hydrogen) atoms. The molecule has 0 aliphatic carbocycles. The van der Waals surface area contributed by atoms with Gasteiger partial charge in [-0.05, 0) is 12.8 Å². The number of unbranched alkanes of at least 4 members (excludes halogenated alkanes) is 1. The second-order valence-electron chi connectivity index (χ2n) is 4.32. The fourth-order valence-corrected chi connectivity index (χ4v) is 1.90. The van der Waals surface area contributed by atoms with Crippen LogP contribution in [0, 0.1) is 0 Å². The number of rotatable bonds is 5. The number of nitrogens with zero attached hydrogens (tertiary/aromatic N) is 2. The number of fused-ring (bicyclic) bond motifs is 1. The van der Waals surface area contributed by atoms with Gasteiger partial charge in [-0.3, -0.25) is 14.2 Å². The Kier molecular flexibility index (Phi) is 4.51. The number of aryl methyl sites for hydroxylation is 1. The fourth-order valence-electron chi connectivity index (χ4n) is 1.90. The quantitative estimate of drug-likeness (QED) is 0.617. The number of anilines is 1. The van der Waals surface area contributed by atoms with E-state index in [1.807, 2.05) is 0 Å². The molecule has 1 aromatic rings. The van der Waals surface area contributed by atoms with E-state index in [0.717, 1.165) is 18.4 Å². The van der Waals surface area contributed by atoms with Crippen LogP contribution in [0.2, 0.25) is 0 Å². The van der Waals surface area contributed by atoms with Gasteiger partial charge in [0.05, 0.1) is 13.7 Å². The van der Waals surface area contributed by atoms with Crippen molar-refractivity contribution in [2.75, 3.05) is 19.2 Å². The van der Waals surface area contributed by atoms with Crippen LogP contribution in [-0.2, 0) is 27.3 Å². The van der Waals surface area contributed by atoms with Crippen molar-refractivity contribution in [2.24, 2.45) is 0 Å². The average molecular weight is 267 g/mol. The van der Waals surface area contributed by atoms with Crippen LogP contribution in [0.3, 0.4) is 0 Å². The van der Waals surface area contributed by atoms with Gasteiger partial charge in [-0.1, -0.05) is 0 Å². The van der Waals surface area contributed by atoms with Gasteiger partial charge in [0, 0.05) is 31.1 Å². The second-order valence-corrected chi connectivity index (χ2v) is 4.32. The number of aromatic nitrogens is 2. The zero-order valence-electron chi connectivity index (χ0n) is 10.8. The summed E-state index contributed by atoms with van der Waals surface area (Å²) in [4.78, 5) is 31.6. The smallest absolute Gasteiger partial charge is 0.349 e. The maximum Gasteiger partial charge on any atom is 0.349 e. The van der Waals surface area contributed by atoms with Crippen molar-refractivity contribution in [3.63, 3.8) is 0 Å². The van der Waals surface area contributed by atoms with E-state index in [0.29, 0.717) is 31.8 Å². The number of methoxy groups -OCH3 is 1. The number of hydrogen-bond donors (Lipinski definition) is 1. The number of carbonyl (C=O) groups excluding carboxylic acids is 1. The van der Waals surface area contributed by atoms with Gasteiger partial charge in [-0.2, -0.15) is 4.98 Å². The Morgan fingerprint density at radius 1 is 1.58 bits per heavy atom. The Bertz CT molecular complexity index is 512. The van der Waals surface area contributed by atoms with Crippen molar-refractivity contribution in [1.29, 1.82) is 0 Å². The van der Waals surface area contributed by atoms with Gasteiger partial charge >= 0.3 is 11.7 Å². The lowest BCUT2D eigenvalue weighted by Crippen LogP contribution is -2.28. The minimum absolute atomic E-state index is 0.225. The maximum absolute atomic E-state index is 11.7. The summed E-state index contributed by atoms with van der Waals surface area (Å²) in [6, 6.07) is 0. The van der Waals surface area contributed by atoms with Crippen LogP contribution in [0.1, 0.15) is 24.8 Å². The molecule has 0 fully saturated rings. The van der Waals surface area contributed by atoms with Crippen molar-refractivity contribution in [1.82, 2.24) is 9.55 Å². The highest BCUT2D eigenvalue weighted by molar-refractivity contribution is 5.68. The van der Waals surface area contributed by atoms with Crippen LogP contribution < -0.4 is 11.2 Å². The number of carbonyl (C=O) groups is 1. The van der Waals surface area contributed by atoms with Crippen molar-refractivity contribution in [3.8, 4) is 0 Å². The number of nitrogens with one attached hydrogen (secondary N) is 1. The highest BCUT2D eigenvalue weighted by Crippen LogP contribution is 2.15. The van der Waals surface area contributed by atoms with Crippen LogP contribution in [0.5, 0.6) is 0 Å². The fraction of sp³-hybridized carbons (Fsp3) is 0.583. The highest BCUT2D eigenvalue weighted by atomic mass is 16.6. The molecule has 7 heteroatoms. The summed E-state index contributed by atoms with van der Waals surface area (Å²) >= 11 is 0. The molecular weight excluding hydrogens is 250 g/mol. The first kappa shape index (κ1) is 13.5. The first-order chi connectivity index (χ1) is 9.20. The Labute approximate surface area is 110 Å². The molecule has 7 nitrogen and oxygen atoms in total. The summed E-state index contributed by atoms with van der Waals surface area (Å²) in [5.74, 6) is 0.277. The Hall–Kier alpha value is -1.89. The normalized spacial score (nSPS) is 13.5. The van der Waals surface area contributed by atoms with E-state index < -0.39 is 0 Å². The number of hydrogen-bond acceptors (Lipinski definition) is 6. The minimum Gasteiger partial charge on any atom is -0.469 e. The van der Waals surface area contributed by atoms with Crippen molar-refractivity contribution in [2.45, 2.75) is 32.2 Å². The lowest BCUT2D eigenvalue weighted by atomic mass is 10.2. The van der Waals surface area contributed by atoms with E-state index in [4.69, 9.17) is 4.84 Å².